The van der Waals surface area contributed by atoms with Gasteiger partial charge in [-0.1, -0.05) is 6.07 Å². The lowest BCUT2D eigenvalue weighted by atomic mass is 10.1. The maximum Gasteiger partial charge on any atom is 0.305 e. The molecule has 4 nitrogen and oxygen atoms in total. The fourth-order valence-electron chi connectivity index (χ4n) is 1.75. The van der Waals surface area contributed by atoms with E-state index in [0.717, 1.165) is 15.6 Å². The quantitative estimate of drug-likeness (QED) is 0.668. The van der Waals surface area contributed by atoms with E-state index in [4.69, 9.17) is 0 Å². The molecule has 0 radical (unpaired) electrons. The minimum absolute atomic E-state index is 0.136. The number of rotatable bonds is 5. The summed E-state index contributed by atoms with van der Waals surface area (Å²) in [6, 6.07) is 3.85. The van der Waals surface area contributed by atoms with Crippen LogP contribution in [-0.4, -0.2) is 25.5 Å². The van der Waals surface area contributed by atoms with E-state index in [9.17, 15) is 9.59 Å². The molecule has 1 aromatic carbocycles. The Balaban J connectivity index is 2.57. The average Bonchev–Trinajstić information content (AvgIpc) is 2.38. The van der Waals surface area contributed by atoms with Crippen LogP contribution >= 0.6 is 15.9 Å². The van der Waals surface area contributed by atoms with E-state index in [-0.39, 0.29) is 11.9 Å². The number of benzene rings is 1. The van der Waals surface area contributed by atoms with Gasteiger partial charge >= 0.3 is 5.97 Å². The Bertz CT molecular complexity index is 486. The van der Waals surface area contributed by atoms with E-state index in [1.165, 1.54) is 7.11 Å². The lowest BCUT2D eigenvalue weighted by molar-refractivity contribution is -0.140. The van der Waals surface area contributed by atoms with Crippen molar-refractivity contribution in [2.24, 2.45) is 0 Å². The van der Waals surface area contributed by atoms with Gasteiger partial charge < -0.3 is 10.1 Å². The highest BCUT2D eigenvalue weighted by Gasteiger charge is 2.12. The van der Waals surface area contributed by atoms with Crippen molar-refractivity contribution >= 4 is 27.8 Å². The third-order valence-electron chi connectivity index (χ3n) is 2.71. The van der Waals surface area contributed by atoms with Crippen LogP contribution in [0.2, 0.25) is 0 Å². The van der Waals surface area contributed by atoms with Crippen LogP contribution in [0, 0.1) is 13.8 Å². The van der Waals surface area contributed by atoms with Gasteiger partial charge in [0.1, 0.15) is 0 Å². The number of methoxy groups -OCH3 is 1. The van der Waals surface area contributed by atoms with Crippen LogP contribution in [0.25, 0.3) is 0 Å². The Morgan fingerprint density at radius 2 is 2.00 bits per heavy atom. The predicted molar refractivity (Wildman–Crippen MR) is 77.2 cm³/mol. The highest BCUT2D eigenvalue weighted by molar-refractivity contribution is 9.10. The molecule has 1 N–H and O–H groups in total. The van der Waals surface area contributed by atoms with Crippen LogP contribution in [0.5, 0.6) is 0 Å². The molecule has 0 aliphatic carbocycles. The normalized spacial score (nSPS) is 10.1. The molecule has 19 heavy (non-hydrogen) atoms. The van der Waals surface area contributed by atoms with Crippen LogP contribution in [0.3, 0.4) is 0 Å². The van der Waals surface area contributed by atoms with Gasteiger partial charge in [-0.2, -0.15) is 0 Å². The van der Waals surface area contributed by atoms with Crippen molar-refractivity contribution in [3.63, 3.8) is 0 Å². The molecule has 0 aliphatic heterocycles. The largest absolute Gasteiger partial charge is 0.469 e. The topological polar surface area (TPSA) is 55.4 Å². The summed E-state index contributed by atoms with van der Waals surface area (Å²) in [6.45, 7) is 4.35. The zero-order chi connectivity index (χ0) is 14.4. The predicted octanol–water partition coefficient (Wildman–Crippen LogP) is 2.75. The first-order valence-corrected chi connectivity index (χ1v) is 6.86. The molecular weight excluding hydrogens is 310 g/mol. The van der Waals surface area contributed by atoms with Gasteiger partial charge in [0, 0.05) is 17.4 Å². The number of carbonyl (C=O) groups excluding carboxylic acids is 2. The van der Waals surface area contributed by atoms with Crippen molar-refractivity contribution in [2.75, 3.05) is 13.7 Å². The van der Waals surface area contributed by atoms with E-state index in [1.54, 1.807) is 0 Å². The van der Waals surface area contributed by atoms with Gasteiger partial charge in [-0.25, -0.2) is 0 Å². The second-order valence-electron chi connectivity index (χ2n) is 4.38. The van der Waals surface area contributed by atoms with E-state index < -0.39 is 0 Å². The van der Waals surface area contributed by atoms with E-state index in [2.05, 4.69) is 26.0 Å². The average molecular weight is 328 g/mol. The third-order valence-corrected chi connectivity index (χ3v) is 3.77. The maximum absolute atomic E-state index is 12.0. The number of halogens is 1. The third kappa shape index (κ3) is 4.67. The van der Waals surface area contributed by atoms with E-state index in [0.29, 0.717) is 24.9 Å². The van der Waals surface area contributed by atoms with Gasteiger partial charge in [-0.3, -0.25) is 9.59 Å². The summed E-state index contributed by atoms with van der Waals surface area (Å²) in [5, 5.41) is 2.80. The summed E-state index contributed by atoms with van der Waals surface area (Å²) in [5.41, 5.74) is 2.69. The summed E-state index contributed by atoms with van der Waals surface area (Å²) >= 11 is 3.42. The van der Waals surface area contributed by atoms with Gasteiger partial charge in [-0.15, -0.1) is 0 Å². The monoisotopic (exact) mass is 327 g/mol. The molecule has 0 atom stereocenters. The van der Waals surface area contributed by atoms with Crippen LogP contribution in [0.15, 0.2) is 16.6 Å². The number of ether oxygens (including phenoxy) is 1. The highest BCUT2D eigenvalue weighted by atomic mass is 79.9. The number of esters is 1. The minimum Gasteiger partial charge on any atom is -0.469 e. The lowest BCUT2D eigenvalue weighted by Gasteiger charge is -2.09. The summed E-state index contributed by atoms with van der Waals surface area (Å²) in [4.78, 5) is 23.0. The summed E-state index contributed by atoms with van der Waals surface area (Å²) in [5.74, 6) is -0.398. The minimum atomic E-state index is -0.262. The maximum atomic E-state index is 12.0. The number of nitrogens with one attached hydrogen (secondary N) is 1. The van der Waals surface area contributed by atoms with Gasteiger partial charge in [0.25, 0.3) is 5.91 Å². The molecular formula is C14H18BrNO3. The second-order valence-corrected chi connectivity index (χ2v) is 5.17. The summed E-state index contributed by atoms with van der Waals surface area (Å²) < 4.78 is 5.34. The van der Waals surface area contributed by atoms with Gasteiger partial charge in [0.15, 0.2) is 0 Å². The fraction of sp³-hybridized carbons (Fsp3) is 0.429. The van der Waals surface area contributed by atoms with Crippen LogP contribution in [0.1, 0.15) is 34.3 Å². The molecule has 0 saturated heterocycles. The van der Waals surface area contributed by atoms with Crippen molar-refractivity contribution in [2.45, 2.75) is 26.7 Å². The zero-order valence-electron chi connectivity index (χ0n) is 11.4. The smallest absolute Gasteiger partial charge is 0.305 e. The molecule has 1 aromatic rings. The summed E-state index contributed by atoms with van der Waals surface area (Å²) in [7, 11) is 1.35. The van der Waals surface area contributed by atoms with Crippen molar-refractivity contribution in [3.8, 4) is 0 Å². The molecule has 1 amide bonds. The van der Waals surface area contributed by atoms with Crippen LogP contribution < -0.4 is 5.32 Å². The number of aryl methyl sites for hydroxylation is 2. The Morgan fingerprint density at radius 1 is 1.32 bits per heavy atom. The molecule has 104 valence electrons. The second kappa shape index (κ2) is 7.28. The van der Waals surface area contributed by atoms with Crippen LogP contribution in [0.4, 0.5) is 0 Å². The van der Waals surface area contributed by atoms with E-state index >= 15 is 0 Å². The fourth-order valence-corrected chi connectivity index (χ4v) is 2.16. The number of amides is 1. The van der Waals surface area contributed by atoms with Crippen molar-refractivity contribution < 1.29 is 14.3 Å². The Morgan fingerprint density at radius 3 is 2.63 bits per heavy atom. The molecule has 0 heterocycles. The SMILES string of the molecule is COC(=O)CCCNC(=O)c1cc(C)cc(C)c1Br. The first-order chi connectivity index (χ1) is 8.95. The highest BCUT2D eigenvalue weighted by Crippen LogP contribution is 2.23. The number of carbonyl (C=O) groups is 2. The Labute approximate surface area is 121 Å². The van der Waals surface area contributed by atoms with E-state index in [1.807, 2.05) is 26.0 Å². The molecule has 0 saturated carbocycles. The molecule has 0 spiro atoms. The molecule has 0 aliphatic rings. The lowest BCUT2D eigenvalue weighted by Crippen LogP contribution is -2.25. The van der Waals surface area contributed by atoms with Gasteiger partial charge in [0.05, 0.1) is 12.7 Å². The Hall–Kier alpha value is -1.36. The zero-order valence-corrected chi connectivity index (χ0v) is 13.0. The first kappa shape index (κ1) is 15.7. The molecule has 0 fully saturated rings. The van der Waals surface area contributed by atoms with Crippen molar-refractivity contribution in [1.29, 1.82) is 0 Å². The van der Waals surface area contributed by atoms with Crippen molar-refractivity contribution in [1.82, 2.24) is 5.32 Å². The van der Waals surface area contributed by atoms with Gasteiger partial charge in [-0.05, 0) is 53.4 Å². The van der Waals surface area contributed by atoms with Crippen LogP contribution in [-0.2, 0) is 9.53 Å². The molecule has 0 bridgehead atoms. The van der Waals surface area contributed by atoms with Gasteiger partial charge in [0.2, 0.25) is 0 Å². The van der Waals surface area contributed by atoms with Crippen molar-refractivity contribution in [3.05, 3.63) is 33.3 Å². The number of hydrogen-bond donors (Lipinski definition) is 1. The number of hydrogen-bond acceptors (Lipinski definition) is 3. The molecule has 0 unspecified atom stereocenters. The Kier molecular flexibility index (Phi) is 6.02. The molecule has 1 rings (SSSR count). The first-order valence-electron chi connectivity index (χ1n) is 6.07. The molecule has 5 heteroatoms. The summed E-state index contributed by atoms with van der Waals surface area (Å²) in [6.07, 6.45) is 0.881. The molecule has 0 aromatic heterocycles. The standard InChI is InChI=1S/C14H18BrNO3/c1-9-7-10(2)13(15)11(8-9)14(18)16-6-4-5-12(17)19-3/h7-8H,4-6H2,1-3H3,(H,16,18).